The van der Waals surface area contributed by atoms with E-state index in [-0.39, 0.29) is 21.7 Å². The van der Waals surface area contributed by atoms with Gasteiger partial charge < -0.3 is 13.6 Å². The number of rotatable bonds is 8. The van der Waals surface area contributed by atoms with Gasteiger partial charge in [0.1, 0.15) is 11.2 Å². The molecule has 4 aliphatic rings. The van der Waals surface area contributed by atoms with Crippen LogP contribution in [0.5, 0.6) is 0 Å². The molecule has 8 aromatic heterocycles. The lowest BCUT2D eigenvalue weighted by Crippen LogP contribution is -2.18. The molecule has 0 bridgehead atoms. The number of fused-ring (bicyclic) bond motifs is 27. The van der Waals surface area contributed by atoms with Crippen LogP contribution in [0, 0.1) is 0 Å². The van der Waals surface area contributed by atoms with E-state index in [1.807, 2.05) is 12.1 Å². The van der Waals surface area contributed by atoms with Crippen molar-refractivity contribution in [1.82, 2.24) is 48.2 Å². The van der Waals surface area contributed by atoms with Crippen LogP contribution in [0.15, 0.2) is 405 Å². The van der Waals surface area contributed by atoms with Gasteiger partial charge in [0.2, 0.25) is 11.9 Å². The molecule has 0 spiro atoms. The number of furan rings is 1. The lowest BCUT2D eigenvalue weighted by Gasteiger charge is -2.24. The fourth-order valence-electron chi connectivity index (χ4n) is 23.7. The molecule has 0 atom stereocenters. The van der Waals surface area contributed by atoms with Gasteiger partial charge in [-0.15, -0.1) is 0 Å². The Hall–Kier alpha value is -17.0. The van der Waals surface area contributed by atoms with Crippen LogP contribution in [0.2, 0.25) is 0 Å². The van der Waals surface area contributed by atoms with Crippen molar-refractivity contribution in [3.05, 3.63) is 445 Å². The van der Waals surface area contributed by atoms with Gasteiger partial charge in [-0.05, 0) is 136 Å². The Kier molecular flexibility index (Phi) is 17.3. The second-order valence-corrected chi connectivity index (χ2v) is 39.1. The van der Waals surface area contributed by atoms with Crippen LogP contribution in [0.3, 0.4) is 0 Å². The quantitative estimate of drug-likeness (QED) is 0.149. The van der Waals surface area contributed by atoms with Crippen LogP contribution in [0.1, 0.15) is 99.9 Å². The van der Waals surface area contributed by atoms with Crippen LogP contribution < -0.4 is 0 Å². The Bertz CT molecular complexity index is 9390. The monoisotopic (exact) mass is 1760 g/mol. The van der Waals surface area contributed by atoms with E-state index >= 15 is 0 Å². The molecule has 0 saturated carbocycles. The van der Waals surface area contributed by atoms with Crippen LogP contribution in [-0.2, 0) is 21.7 Å². The van der Waals surface area contributed by atoms with E-state index in [1.54, 1.807) is 0 Å². The summed E-state index contributed by atoms with van der Waals surface area (Å²) in [5.74, 6) is 2.13. The maximum Gasteiger partial charge on any atom is 0.235 e. The minimum Gasteiger partial charge on any atom is -0.456 e. The molecule has 137 heavy (non-hydrogen) atoms. The molecule has 0 radical (unpaired) electrons. The van der Waals surface area contributed by atoms with Gasteiger partial charge in [-0.3, -0.25) is 9.13 Å². The summed E-state index contributed by atoms with van der Waals surface area (Å²) < 4.78 is 15.6. The second-order valence-electron chi connectivity index (χ2n) is 39.1. The fraction of sp³-hybridized carbons (Fsp3) is 0.0952. The molecule has 0 amide bonds. The molecule has 0 unspecified atom stereocenters. The third kappa shape index (κ3) is 11.8. The van der Waals surface area contributed by atoms with Crippen molar-refractivity contribution < 1.29 is 4.42 Å². The summed E-state index contributed by atoms with van der Waals surface area (Å²) in [5.41, 5.74) is 39.1. The summed E-state index contributed by atoms with van der Waals surface area (Å²) in [6, 6.07) is 143. The van der Waals surface area contributed by atoms with Crippen molar-refractivity contribution in [3.63, 3.8) is 0 Å². The molecule has 29 rings (SSSR count). The van der Waals surface area contributed by atoms with Crippen LogP contribution >= 0.6 is 0 Å². The highest BCUT2D eigenvalue weighted by Gasteiger charge is 2.45. The first-order valence-corrected chi connectivity index (χ1v) is 47.4. The molecule has 8 heterocycles. The maximum atomic E-state index is 6.32. The summed E-state index contributed by atoms with van der Waals surface area (Å²) in [5, 5.41) is 12.0. The first kappa shape index (κ1) is 79.7. The molecule has 0 saturated heterocycles. The molecule has 0 fully saturated rings. The SMILES string of the molecule is CC1(C)c2ccccc2-c2cc3c4ccccc4n(-c4nc(-c5ccccc5)c5c(n4)-c4ccccc4C5(C)C)c3cc21.CC1(C)c2ccccc2-c2nc(-c3ccc(-n4c5ccccc5c5cc6c(cc54)oc4ccccc46)cc3)nc(-c3ccccc3)c21.CC1(C)c2ccccc2-c2nc(-n3c4ccccc4c4cc5c6ccccc6n(-c6ccccc6)c5cc43)nc(-c3ccccc3)c21. The Morgan fingerprint density at radius 3 is 0.978 bits per heavy atom. The highest BCUT2D eigenvalue weighted by atomic mass is 16.3. The van der Waals surface area contributed by atoms with Crippen molar-refractivity contribution in [3.8, 4) is 113 Å². The Morgan fingerprint density at radius 1 is 0.190 bits per heavy atom. The van der Waals surface area contributed by atoms with Crippen LogP contribution in [-0.4, -0.2) is 48.2 Å². The molecular weight excluding hydrogens is 1670 g/mol. The normalized spacial score (nSPS) is 14.1. The minimum atomic E-state index is -0.237. The summed E-state index contributed by atoms with van der Waals surface area (Å²) >= 11 is 0. The smallest absolute Gasteiger partial charge is 0.235 e. The zero-order valence-electron chi connectivity index (χ0n) is 77.0. The number of hydrogen-bond acceptors (Lipinski definition) is 7. The van der Waals surface area contributed by atoms with Gasteiger partial charge in [-0.2, -0.15) is 0 Å². The van der Waals surface area contributed by atoms with Gasteiger partial charge in [0.25, 0.3) is 0 Å². The molecular formula is C126H90N10O. The standard InChI is InChI=1S/C43H30N4.C43H29N3O.C40H31N3/c1-43(2)34-22-12-9-21-31(34)41-39(43)40(27-15-5-3-6-16-27)44-42(45-41)47-36-24-14-11-20-30(36)33-25-32-29-19-10-13-23-35(29)46(37(32)26-38(33)47)28-17-7-4-8-18-28;1-43(2)34-17-9-6-16-31(34)41-39(43)40(26-12-4-3-5-13-26)44-42(45-41)27-20-22-28(23-21-27)46-35-18-10-7-14-29(35)32-24-33-30-15-8-11-19-37(30)47-38(33)25-36(32)46;1-39(2)30-19-11-8-16-25(30)28-22-29-26-17-10-13-21-33(26)43(34(29)23-32(28)39)38-41-36(24-14-6-5-7-15-24)35-37(42-38)27-18-9-12-20-31(27)40(35,3)4/h3-26H,1-2H3;3-25H,1-2H3;5-23H,1-4H3. The highest BCUT2D eigenvalue weighted by Crippen LogP contribution is 2.57. The van der Waals surface area contributed by atoms with Crippen molar-refractivity contribution in [2.75, 3.05) is 0 Å². The molecule has 17 aromatic carbocycles. The van der Waals surface area contributed by atoms with E-state index in [9.17, 15) is 0 Å². The number of aromatic nitrogens is 10. The summed E-state index contributed by atoms with van der Waals surface area (Å²) in [7, 11) is 0. The second kappa shape index (κ2) is 29.7. The van der Waals surface area contributed by atoms with Crippen molar-refractivity contribution >= 4 is 109 Å². The van der Waals surface area contributed by atoms with Crippen molar-refractivity contribution in [1.29, 1.82) is 0 Å². The number of benzene rings is 17. The van der Waals surface area contributed by atoms with E-state index in [2.05, 4.69) is 462 Å². The Balaban J connectivity index is 0.000000104. The molecule has 0 aliphatic heterocycles. The van der Waals surface area contributed by atoms with Crippen molar-refractivity contribution in [2.45, 2.75) is 77.0 Å². The third-order valence-electron chi connectivity index (χ3n) is 30.1. The van der Waals surface area contributed by atoms with Gasteiger partial charge in [0.05, 0.1) is 78.3 Å². The predicted molar refractivity (Wildman–Crippen MR) is 563 cm³/mol. The summed E-state index contributed by atoms with van der Waals surface area (Å²) in [6.45, 7) is 18.5. The zero-order chi connectivity index (χ0) is 91.6. The topological polar surface area (TPSA) is 110 Å². The van der Waals surface area contributed by atoms with Gasteiger partial charge >= 0.3 is 0 Å². The largest absolute Gasteiger partial charge is 0.456 e. The zero-order valence-corrected chi connectivity index (χ0v) is 77.0. The Morgan fingerprint density at radius 2 is 0.511 bits per heavy atom. The van der Waals surface area contributed by atoms with Gasteiger partial charge in [0.15, 0.2) is 5.82 Å². The molecule has 25 aromatic rings. The van der Waals surface area contributed by atoms with E-state index in [0.717, 1.165) is 134 Å². The minimum absolute atomic E-state index is 0.0989. The first-order chi connectivity index (χ1) is 67.0. The average molecular weight is 1760 g/mol. The summed E-state index contributed by atoms with van der Waals surface area (Å²) in [4.78, 5) is 32.4. The lowest BCUT2D eigenvalue weighted by molar-refractivity contribution is 0.656. The van der Waals surface area contributed by atoms with Gasteiger partial charge in [-0.25, -0.2) is 29.9 Å². The van der Waals surface area contributed by atoms with Crippen LogP contribution in [0.4, 0.5) is 0 Å². The molecule has 4 aliphatic carbocycles. The Labute approximate surface area is 791 Å². The maximum absolute atomic E-state index is 6.32. The molecule has 650 valence electrons. The fourth-order valence-corrected chi connectivity index (χ4v) is 23.7. The highest BCUT2D eigenvalue weighted by molar-refractivity contribution is 6.21. The van der Waals surface area contributed by atoms with Gasteiger partial charge in [-0.1, -0.05) is 353 Å². The van der Waals surface area contributed by atoms with Crippen LogP contribution in [0.25, 0.3) is 222 Å². The third-order valence-corrected chi connectivity index (χ3v) is 30.1. The number of para-hydroxylation sites is 6. The average Bonchev–Trinajstić information content (AvgIpc) is 1.55. The lowest BCUT2D eigenvalue weighted by atomic mass is 9.81. The summed E-state index contributed by atoms with van der Waals surface area (Å²) in [6.07, 6.45) is 0. The first-order valence-electron chi connectivity index (χ1n) is 47.4. The molecule has 11 nitrogen and oxygen atoms in total. The molecule has 0 N–H and O–H groups in total. The predicted octanol–water partition coefficient (Wildman–Crippen LogP) is 31.6. The van der Waals surface area contributed by atoms with Gasteiger partial charge in [0, 0.05) is 149 Å². The van der Waals surface area contributed by atoms with E-state index in [1.165, 1.54) is 121 Å². The van der Waals surface area contributed by atoms with E-state index in [4.69, 9.17) is 34.3 Å². The number of nitrogens with zero attached hydrogens (tertiary/aromatic N) is 10. The number of hydrogen-bond donors (Lipinski definition) is 0. The van der Waals surface area contributed by atoms with Crippen molar-refractivity contribution in [2.24, 2.45) is 0 Å². The van der Waals surface area contributed by atoms with E-state index < -0.39 is 0 Å². The van der Waals surface area contributed by atoms with E-state index in [0.29, 0.717) is 11.9 Å². The molecule has 11 heteroatoms.